The summed E-state index contributed by atoms with van der Waals surface area (Å²) in [5.41, 5.74) is 6.78. The topological polar surface area (TPSA) is 261 Å². The maximum atomic E-state index is 11.7. The van der Waals surface area contributed by atoms with E-state index in [-0.39, 0.29) is 28.8 Å². The SMILES string of the molecule is CNC(=O)c1cnn(-c2nc(N)c3ncn([C@@H]4O[C@H](CO)[C@@H](O)[C@H]4O)c3n2)c1.O=C(O)/C=C\C(=O)O. The molecule has 4 atom stereocenters. The van der Waals surface area contributed by atoms with Crippen molar-refractivity contribution in [2.75, 3.05) is 19.4 Å². The number of aliphatic hydroxyl groups is 3. The third-order valence-electron chi connectivity index (χ3n) is 4.87. The van der Waals surface area contributed by atoms with Gasteiger partial charge in [0.25, 0.3) is 11.9 Å². The number of aliphatic hydroxyl groups excluding tert-OH is 3. The summed E-state index contributed by atoms with van der Waals surface area (Å²) in [6.45, 7) is -0.459. The summed E-state index contributed by atoms with van der Waals surface area (Å²) >= 11 is 0. The molecule has 1 aliphatic heterocycles. The summed E-state index contributed by atoms with van der Waals surface area (Å²) in [6, 6.07) is 0. The van der Waals surface area contributed by atoms with Gasteiger partial charge in [0.2, 0.25) is 0 Å². The average molecular weight is 506 g/mol. The molecule has 1 saturated heterocycles. The first-order chi connectivity index (χ1) is 17.1. The van der Waals surface area contributed by atoms with Gasteiger partial charge in [-0.25, -0.2) is 19.3 Å². The van der Waals surface area contributed by atoms with Crippen LogP contribution in [0.25, 0.3) is 17.1 Å². The summed E-state index contributed by atoms with van der Waals surface area (Å²) in [5, 5.41) is 51.7. The first-order valence-electron chi connectivity index (χ1n) is 10.1. The van der Waals surface area contributed by atoms with Crippen molar-refractivity contribution >= 4 is 34.8 Å². The van der Waals surface area contributed by atoms with Crippen LogP contribution in [0.5, 0.6) is 0 Å². The van der Waals surface area contributed by atoms with Crippen molar-refractivity contribution in [1.29, 1.82) is 0 Å². The Labute approximate surface area is 201 Å². The molecule has 0 bridgehead atoms. The standard InChI is InChI=1S/C15H18N8O5.C4H4O4/c1-17-13(27)6-2-19-23(3-6)15-20-11(16)8-12(21-15)22(5-18-8)14-10(26)9(25)7(4-24)28-14;5-3(6)1-2-4(7)8/h2-3,5,7,9-10,14,24-26H,4H2,1H3,(H,17,27)(H2,16,20,21);1-2H,(H,5,6)(H,7,8)/b;2-1-/t7-,9-,10-,14-;/m1./s1. The van der Waals surface area contributed by atoms with E-state index in [2.05, 4.69) is 25.4 Å². The van der Waals surface area contributed by atoms with E-state index in [1.165, 1.54) is 35.0 Å². The van der Waals surface area contributed by atoms with Gasteiger partial charge in [0, 0.05) is 25.4 Å². The fourth-order valence-electron chi connectivity index (χ4n) is 3.16. The highest BCUT2D eigenvalue weighted by Crippen LogP contribution is 2.32. The molecule has 1 amide bonds. The van der Waals surface area contributed by atoms with E-state index in [4.69, 9.17) is 20.7 Å². The van der Waals surface area contributed by atoms with E-state index < -0.39 is 43.1 Å². The van der Waals surface area contributed by atoms with Gasteiger partial charge in [0.1, 0.15) is 23.8 Å². The molecule has 4 heterocycles. The largest absolute Gasteiger partial charge is 0.478 e. The Balaban J connectivity index is 0.000000392. The lowest BCUT2D eigenvalue weighted by molar-refractivity contribution is -0.134. The van der Waals surface area contributed by atoms with Crippen LogP contribution in [0.2, 0.25) is 0 Å². The van der Waals surface area contributed by atoms with Gasteiger partial charge in [-0.15, -0.1) is 0 Å². The number of amides is 1. The Hall–Kier alpha value is -4.45. The number of carbonyl (C=O) groups is 3. The fourth-order valence-corrected chi connectivity index (χ4v) is 3.16. The van der Waals surface area contributed by atoms with Gasteiger partial charge in [-0.05, 0) is 0 Å². The van der Waals surface area contributed by atoms with E-state index in [1.54, 1.807) is 0 Å². The minimum atomic E-state index is -1.31. The molecule has 17 nitrogen and oxygen atoms in total. The Morgan fingerprint density at radius 2 is 1.83 bits per heavy atom. The van der Waals surface area contributed by atoms with Crippen molar-refractivity contribution in [3.63, 3.8) is 0 Å². The Morgan fingerprint density at radius 1 is 1.17 bits per heavy atom. The van der Waals surface area contributed by atoms with Gasteiger partial charge < -0.3 is 41.3 Å². The summed E-state index contributed by atoms with van der Waals surface area (Å²) in [4.78, 5) is 43.5. The molecule has 8 N–H and O–H groups in total. The van der Waals surface area contributed by atoms with Gasteiger partial charge in [-0.3, -0.25) is 9.36 Å². The monoisotopic (exact) mass is 506 g/mol. The maximum absolute atomic E-state index is 11.7. The zero-order chi connectivity index (χ0) is 26.6. The molecule has 192 valence electrons. The summed E-state index contributed by atoms with van der Waals surface area (Å²) in [7, 11) is 1.50. The quantitative estimate of drug-likeness (QED) is 0.168. The van der Waals surface area contributed by atoms with E-state index in [9.17, 15) is 29.7 Å². The molecule has 0 saturated carbocycles. The number of hydrogen-bond donors (Lipinski definition) is 7. The molecule has 1 fully saturated rings. The van der Waals surface area contributed by atoms with Crippen molar-refractivity contribution in [3.05, 3.63) is 36.4 Å². The number of carbonyl (C=O) groups excluding carboxylic acids is 1. The van der Waals surface area contributed by atoms with Crippen LogP contribution in [0.15, 0.2) is 30.9 Å². The number of hydrogen-bond acceptors (Lipinski definition) is 12. The highest BCUT2D eigenvalue weighted by Gasteiger charge is 2.44. The van der Waals surface area contributed by atoms with Crippen molar-refractivity contribution in [2.45, 2.75) is 24.5 Å². The number of rotatable bonds is 6. The lowest BCUT2D eigenvalue weighted by atomic mass is 10.1. The van der Waals surface area contributed by atoms with Crippen LogP contribution in [0, 0.1) is 0 Å². The number of anilines is 1. The molecule has 36 heavy (non-hydrogen) atoms. The minimum absolute atomic E-state index is 0.0579. The number of fused-ring (bicyclic) bond motifs is 1. The van der Waals surface area contributed by atoms with Gasteiger partial charge in [-0.2, -0.15) is 15.1 Å². The number of nitrogen functional groups attached to an aromatic ring is 1. The van der Waals surface area contributed by atoms with Crippen LogP contribution in [-0.2, 0) is 14.3 Å². The predicted molar refractivity (Wildman–Crippen MR) is 118 cm³/mol. The number of imidazole rings is 1. The van der Waals surface area contributed by atoms with Crippen molar-refractivity contribution in [3.8, 4) is 5.95 Å². The lowest BCUT2D eigenvalue weighted by Gasteiger charge is -2.16. The second-order valence-electron chi connectivity index (χ2n) is 7.22. The molecule has 0 aliphatic carbocycles. The van der Waals surface area contributed by atoms with Crippen LogP contribution in [0.4, 0.5) is 5.82 Å². The van der Waals surface area contributed by atoms with Gasteiger partial charge in [0.05, 0.1) is 24.7 Å². The molecule has 0 radical (unpaired) electrons. The molecule has 0 unspecified atom stereocenters. The molecule has 0 aromatic carbocycles. The number of carboxylic acids is 2. The number of carboxylic acid groups (broad SMARTS) is 2. The van der Waals surface area contributed by atoms with Crippen molar-refractivity contribution in [2.24, 2.45) is 0 Å². The predicted octanol–water partition coefficient (Wildman–Crippen LogP) is -2.72. The van der Waals surface area contributed by atoms with Gasteiger partial charge in [-0.1, -0.05) is 0 Å². The van der Waals surface area contributed by atoms with Crippen LogP contribution in [-0.4, -0.2) is 105 Å². The summed E-state index contributed by atoms with van der Waals surface area (Å²) in [6.07, 6.45) is 0.698. The zero-order valence-corrected chi connectivity index (χ0v) is 18.5. The number of nitrogens with one attached hydrogen (secondary N) is 1. The molecular formula is C19H22N8O9. The Kier molecular flexibility index (Phi) is 7.90. The minimum Gasteiger partial charge on any atom is -0.478 e. The zero-order valence-electron chi connectivity index (χ0n) is 18.5. The molecule has 4 rings (SSSR count). The molecule has 3 aromatic heterocycles. The number of aromatic nitrogens is 6. The normalized spacial score (nSPS) is 21.3. The van der Waals surface area contributed by atoms with Crippen LogP contribution in [0.1, 0.15) is 16.6 Å². The number of nitrogens with two attached hydrogens (primary N) is 1. The second kappa shape index (κ2) is 10.9. The fraction of sp³-hybridized carbons (Fsp3) is 0.316. The van der Waals surface area contributed by atoms with Crippen LogP contribution in [0.3, 0.4) is 0 Å². The molecule has 3 aromatic rings. The second-order valence-corrected chi connectivity index (χ2v) is 7.22. The van der Waals surface area contributed by atoms with Crippen molar-refractivity contribution < 1.29 is 44.7 Å². The van der Waals surface area contributed by atoms with Crippen molar-refractivity contribution in [1.82, 2.24) is 34.6 Å². The van der Waals surface area contributed by atoms with E-state index in [0.29, 0.717) is 17.7 Å². The summed E-state index contributed by atoms with van der Waals surface area (Å²) < 4.78 is 8.18. The highest BCUT2D eigenvalue weighted by molar-refractivity contribution is 5.93. The number of nitrogens with zero attached hydrogens (tertiary/aromatic N) is 6. The van der Waals surface area contributed by atoms with E-state index >= 15 is 0 Å². The first-order valence-corrected chi connectivity index (χ1v) is 10.1. The third kappa shape index (κ3) is 5.44. The van der Waals surface area contributed by atoms with Gasteiger partial charge >= 0.3 is 11.9 Å². The Morgan fingerprint density at radius 3 is 2.39 bits per heavy atom. The summed E-state index contributed by atoms with van der Waals surface area (Å²) in [5.74, 6) is -2.70. The molecular weight excluding hydrogens is 484 g/mol. The van der Waals surface area contributed by atoms with Crippen LogP contribution >= 0.6 is 0 Å². The first kappa shape index (κ1) is 26.2. The molecule has 17 heteroatoms. The molecule has 0 spiro atoms. The van der Waals surface area contributed by atoms with E-state index in [1.807, 2.05) is 0 Å². The maximum Gasteiger partial charge on any atom is 0.328 e. The number of ether oxygens (including phenoxy) is 1. The smallest absolute Gasteiger partial charge is 0.328 e. The molecule has 1 aliphatic rings. The average Bonchev–Trinajstić information content (AvgIpc) is 3.56. The number of aliphatic carboxylic acids is 2. The highest BCUT2D eigenvalue weighted by atomic mass is 16.6. The lowest BCUT2D eigenvalue weighted by Crippen LogP contribution is -2.33. The van der Waals surface area contributed by atoms with E-state index in [0.717, 1.165) is 0 Å². The van der Waals surface area contributed by atoms with Crippen LogP contribution < -0.4 is 11.1 Å². The van der Waals surface area contributed by atoms with Gasteiger partial charge in [0.15, 0.2) is 17.7 Å². The Bertz CT molecular complexity index is 1290. The third-order valence-corrected chi connectivity index (χ3v) is 4.87.